The van der Waals surface area contributed by atoms with Crippen LogP contribution in [0.1, 0.15) is 362 Å². The number of thiol groups is 2. The van der Waals surface area contributed by atoms with Gasteiger partial charge in [0.2, 0.25) is 0 Å². The predicted molar refractivity (Wildman–Crippen MR) is 325 cm³/mol. The molecule has 0 bridgehead atoms. The maximum absolute atomic E-state index is 14.4. The van der Waals surface area contributed by atoms with Crippen molar-refractivity contribution < 1.29 is 15.7 Å². The van der Waals surface area contributed by atoms with E-state index < -0.39 is 19.2 Å². The summed E-state index contributed by atoms with van der Waals surface area (Å²) in [5.74, 6) is 0.927. The van der Waals surface area contributed by atoms with Crippen molar-refractivity contribution in [2.75, 3.05) is 11.5 Å². The Labute approximate surface area is 462 Å². The molecule has 0 fully saturated rings. The first-order valence-corrected chi connectivity index (χ1v) is 40.2. The molecule has 2 atom stereocenters. The second kappa shape index (κ2) is 58.1. The third-order valence-electron chi connectivity index (χ3n) is 15.8. The summed E-state index contributed by atoms with van der Waals surface area (Å²) < 4.78 is 15.4. The maximum atomic E-state index is 14.4. The van der Waals surface area contributed by atoms with Crippen LogP contribution >= 0.6 is 25.3 Å². The summed E-state index contributed by atoms with van der Waals surface area (Å²) in [6, 6.07) is 0. The molecule has 0 aliphatic carbocycles. The van der Waals surface area contributed by atoms with Crippen molar-refractivity contribution in [3.05, 3.63) is 0 Å². The summed E-state index contributed by atoms with van der Waals surface area (Å²) in [7, 11) is 0. The Hall–Kier alpha value is 0.439. The van der Waals surface area contributed by atoms with Crippen LogP contribution in [0.2, 0.25) is 8.87 Å². The van der Waals surface area contributed by atoms with Gasteiger partial charge in [0.15, 0.2) is 0 Å². The molecule has 71 heavy (non-hydrogen) atoms. The number of carbonyl (C=O) groups is 2. The summed E-state index contributed by atoms with van der Waals surface area (Å²) in [6.45, 7) is 9.14. The first-order chi connectivity index (χ1) is 34.9. The van der Waals surface area contributed by atoms with Gasteiger partial charge in [0, 0.05) is 0 Å². The smallest absolute Gasteiger partial charge is 0.0654 e. The molecule has 0 radical (unpaired) electrons. The summed E-state index contributed by atoms with van der Waals surface area (Å²) >= 11 is 5.08. The zero-order valence-corrected chi connectivity index (χ0v) is 53.4. The monoisotopic (exact) mass is 1140 g/mol. The van der Waals surface area contributed by atoms with Crippen LogP contribution < -0.4 is 0 Å². The van der Waals surface area contributed by atoms with Crippen molar-refractivity contribution >= 4 is 56.4 Å². The SMILES string of the molecule is CCCCCCCCCCCCCCCCCCCCC(CCS)C(=O)[O][Sn]([CH2]CCCCCCC)([CH2]CCCCCCC)[O]C(=O)C(CCS)CCCCCCCCCCCCCCCCCCCC. The van der Waals surface area contributed by atoms with Gasteiger partial charge >= 0.3 is 324 Å². The van der Waals surface area contributed by atoms with Crippen molar-refractivity contribution in [2.45, 2.75) is 370 Å². The molecule has 0 aliphatic heterocycles. The number of unbranched alkanes of at least 4 members (excludes halogenated alkanes) is 44. The van der Waals surface area contributed by atoms with Gasteiger partial charge in [-0.3, -0.25) is 0 Å². The van der Waals surface area contributed by atoms with E-state index in [1.54, 1.807) is 0 Å². The molecule has 0 N–H and O–H groups in total. The third-order valence-corrected chi connectivity index (χ3v) is 26.0. The topological polar surface area (TPSA) is 52.6 Å². The van der Waals surface area contributed by atoms with Crippen LogP contribution in [0.15, 0.2) is 0 Å². The molecule has 7 heteroatoms. The fourth-order valence-electron chi connectivity index (χ4n) is 10.9. The van der Waals surface area contributed by atoms with Gasteiger partial charge < -0.3 is 0 Å². The van der Waals surface area contributed by atoms with Crippen LogP contribution in [0, 0.1) is 11.8 Å². The van der Waals surface area contributed by atoms with E-state index in [0.29, 0.717) is 11.5 Å². The van der Waals surface area contributed by atoms with Crippen LogP contribution in [-0.2, 0) is 15.7 Å². The van der Waals surface area contributed by atoms with Crippen LogP contribution in [-0.4, -0.2) is 42.6 Å². The standard InChI is InChI=1S/2C24H48O2S.2C8H17.Sn/c2*1-2-3-4-5-6-7-8-9-10-11-12-13-14-15-16-17-18-19-20-23(21-22-27)24(25)26;2*1-3-5-7-8-6-4-2;/h2*23,27H,2-22H2,1H3,(H,25,26);2*1,3-8H2,2H3;/q;;;;+2/p-2. The van der Waals surface area contributed by atoms with Gasteiger partial charge in [-0.05, 0) is 0 Å². The van der Waals surface area contributed by atoms with E-state index in [2.05, 4.69) is 53.0 Å². The summed E-state index contributed by atoms with van der Waals surface area (Å²) in [6.07, 6.45) is 66.4. The Bertz CT molecular complexity index is 993. The van der Waals surface area contributed by atoms with Crippen LogP contribution in [0.5, 0.6) is 0 Å². The predicted octanol–water partition coefficient (Wildman–Crippen LogP) is 23.0. The molecule has 0 saturated heterocycles. The molecule has 0 aromatic heterocycles. The quantitative estimate of drug-likeness (QED) is 0.0362. The molecular formula is C64H128O4S2Sn. The van der Waals surface area contributed by atoms with Crippen LogP contribution in [0.4, 0.5) is 0 Å². The molecule has 0 rings (SSSR count). The first-order valence-electron chi connectivity index (χ1n) is 32.6. The van der Waals surface area contributed by atoms with Gasteiger partial charge in [-0.25, -0.2) is 0 Å². The Kier molecular flexibility index (Phi) is 58.5. The molecule has 4 nitrogen and oxygen atoms in total. The summed E-state index contributed by atoms with van der Waals surface area (Å²) in [5, 5.41) is 0. The van der Waals surface area contributed by atoms with Gasteiger partial charge in [0.1, 0.15) is 0 Å². The number of carbonyl (C=O) groups excluding carboxylic acids is 2. The Morgan fingerprint density at radius 1 is 0.282 bits per heavy atom. The molecule has 0 aromatic carbocycles. The molecule has 0 aliphatic rings. The molecule has 0 aromatic rings. The van der Waals surface area contributed by atoms with Crippen LogP contribution in [0.25, 0.3) is 0 Å². The zero-order chi connectivity index (χ0) is 51.8. The van der Waals surface area contributed by atoms with Gasteiger partial charge in [-0.1, -0.05) is 142 Å². The minimum atomic E-state index is -4.20. The minimum Gasteiger partial charge on any atom is -0.0654 e. The second-order valence-electron chi connectivity index (χ2n) is 22.8. The Morgan fingerprint density at radius 2 is 0.465 bits per heavy atom. The number of hydrogen-bond acceptors (Lipinski definition) is 6. The molecular weight excluding hydrogens is 1020 g/mol. The van der Waals surface area contributed by atoms with E-state index in [-0.39, 0.29) is 23.8 Å². The van der Waals surface area contributed by atoms with Crippen molar-refractivity contribution in [3.63, 3.8) is 0 Å². The Balaban J connectivity index is 5.20. The molecule has 0 saturated carbocycles. The van der Waals surface area contributed by atoms with Crippen molar-refractivity contribution in [1.29, 1.82) is 0 Å². The van der Waals surface area contributed by atoms with E-state index in [0.717, 1.165) is 73.1 Å². The van der Waals surface area contributed by atoms with Gasteiger partial charge in [-0.15, -0.1) is 0 Å². The molecule has 0 spiro atoms. The van der Waals surface area contributed by atoms with Crippen molar-refractivity contribution in [2.24, 2.45) is 11.8 Å². The average Bonchev–Trinajstić information content (AvgIpc) is 3.36. The van der Waals surface area contributed by atoms with Gasteiger partial charge in [0.05, 0.1) is 0 Å². The molecule has 0 heterocycles. The van der Waals surface area contributed by atoms with Gasteiger partial charge in [0.25, 0.3) is 0 Å². The molecule has 0 amide bonds. The van der Waals surface area contributed by atoms with E-state index in [4.69, 9.17) is 6.15 Å². The molecule has 424 valence electrons. The zero-order valence-electron chi connectivity index (χ0n) is 48.8. The summed E-state index contributed by atoms with van der Waals surface area (Å²) in [4.78, 5) is 28.9. The fourth-order valence-corrected chi connectivity index (χ4v) is 21.1. The van der Waals surface area contributed by atoms with E-state index in [1.807, 2.05) is 0 Å². The average molecular weight is 1140 g/mol. The van der Waals surface area contributed by atoms with Crippen molar-refractivity contribution in [3.8, 4) is 0 Å². The summed E-state index contributed by atoms with van der Waals surface area (Å²) in [5.41, 5.74) is 0. The Morgan fingerprint density at radius 3 is 0.662 bits per heavy atom. The third kappa shape index (κ3) is 48.5. The van der Waals surface area contributed by atoms with E-state index in [9.17, 15) is 9.59 Å². The fraction of sp³-hybridized carbons (Fsp3) is 0.969. The van der Waals surface area contributed by atoms with E-state index >= 15 is 0 Å². The van der Waals surface area contributed by atoms with E-state index in [1.165, 1.54) is 270 Å². The van der Waals surface area contributed by atoms with Crippen molar-refractivity contribution in [1.82, 2.24) is 0 Å². The first kappa shape index (κ1) is 71.4. The van der Waals surface area contributed by atoms with Gasteiger partial charge in [-0.2, -0.15) is 0 Å². The van der Waals surface area contributed by atoms with Crippen LogP contribution in [0.3, 0.4) is 0 Å². The normalized spacial score (nSPS) is 12.7. The molecule has 2 unspecified atom stereocenters. The number of hydrogen-bond donors (Lipinski definition) is 2. The second-order valence-corrected chi connectivity index (χ2v) is 32.9. The minimum absolute atomic E-state index is 0.0687. The number of rotatable bonds is 60.